The van der Waals surface area contributed by atoms with E-state index in [0.29, 0.717) is 0 Å². The zero-order valence-electron chi connectivity index (χ0n) is 11.7. The Morgan fingerprint density at radius 2 is 1.62 bits per heavy atom. The van der Waals surface area contributed by atoms with Crippen molar-refractivity contribution >= 4 is 11.7 Å². The van der Waals surface area contributed by atoms with E-state index in [1.54, 1.807) is 0 Å². The van der Waals surface area contributed by atoms with E-state index in [-0.39, 0.29) is 17.9 Å². The van der Waals surface area contributed by atoms with Crippen LogP contribution in [0.1, 0.15) is 27.0 Å². The van der Waals surface area contributed by atoms with Gasteiger partial charge in [0.05, 0.1) is 5.56 Å². The summed E-state index contributed by atoms with van der Waals surface area (Å²) in [5, 5.41) is 0. The lowest BCUT2D eigenvalue weighted by Crippen LogP contribution is -2.10. The molecule has 5 heteroatoms. The monoisotopic (exact) mass is 291 g/mol. The van der Waals surface area contributed by atoms with Gasteiger partial charge in [-0.15, -0.1) is 0 Å². The van der Waals surface area contributed by atoms with Crippen LogP contribution in [-0.2, 0) is 11.3 Å². The summed E-state index contributed by atoms with van der Waals surface area (Å²) >= 11 is 0. The second-order valence-electron chi connectivity index (χ2n) is 4.93. The van der Waals surface area contributed by atoms with Gasteiger partial charge in [-0.2, -0.15) is 0 Å². The molecule has 0 aliphatic heterocycles. The van der Waals surface area contributed by atoms with Gasteiger partial charge in [-0.3, -0.25) is 0 Å². The van der Waals surface area contributed by atoms with Crippen LogP contribution in [0.4, 0.5) is 14.5 Å². The molecule has 0 fully saturated rings. The van der Waals surface area contributed by atoms with Crippen LogP contribution in [0.2, 0.25) is 0 Å². The third kappa shape index (κ3) is 3.56. The number of benzene rings is 2. The number of rotatable bonds is 3. The Bertz CT molecular complexity index is 679. The zero-order valence-corrected chi connectivity index (χ0v) is 11.7. The summed E-state index contributed by atoms with van der Waals surface area (Å²) in [6, 6.07) is 7.28. The number of hydrogen-bond acceptors (Lipinski definition) is 3. The molecule has 0 aliphatic carbocycles. The van der Waals surface area contributed by atoms with Crippen molar-refractivity contribution in [3.8, 4) is 0 Å². The lowest BCUT2D eigenvalue weighted by molar-refractivity contribution is 0.0473. The molecule has 0 amide bonds. The lowest BCUT2D eigenvalue weighted by atomic mass is 10.1. The number of hydrogen-bond donors (Lipinski definition) is 1. The van der Waals surface area contributed by atoms with E-state index in [9.17, 15) is 13.6 Å². The topological polar surface area (TPSA) is 52.3 Å². The van der Waals surface area contributed by atoms with E-state index >= 15 is 0 Å². The number of ether oxygens (including phenoxy) is 1. The van der Waals surface area contributed by atoms with Gasteiger partial charge in [0, 0.05) is 11.8 Å². The SMILES string of the molecule is Cc1cc(C)cc(COC(=O)c2cc(F)c(F)cc2N)c1. The fourth-order valence-electron chi connectivity index (χ4n) is 2.12. The third-order valence-corrected chi connectivity index (χ3v) is 2.96. The van der Waals surface area contributed by atoms with Gasteiger partial charge in [0.15, 0.2) is 11.6 Å². The predicted octanol–water partition coefficient (Wildman–Crippen LogP) is 3.52. The minimum absolute atomic E-state index is 0.0415. The van der Waals surface area contributed by atoms with Crippen molar-refractivity contribution in [2.24, 2.45) is 0 Å². The van der Waals surface area contributed by atoms with Gasteiger partial charge in [0.2, 0.25) is 0 Å². The average molecular weight is 291 g/mol. The second-order valence-corrected chi connectivity index (χ2v) is 4.93. The molecule has 0 radical (unpaired) electrons. The molecular formula is C16H15F2NO2. The highest BCUT2D eigenvalue weighted by Crippen LogP contribution is 2.19. The molecule has 0 spiro atoms. The molecular weight excluding hydrogens is 276 g/mol. The van der Waals surface area contributed by atoms with E-state index in [4.69, 9.17) is 10.5 Å². The number of aryl methyl sites for hydroxylation is 2. The molecule has 0 unspecified atom stereocenters. The molecule has 0 atom stereocenters. The van der Waals surface area contributed by atoms with Crippen LogP contribution >= 0.6 is 0 Å². The molecule has 2 N–H and O–H groups in total. The molecule has 2 aromatic rings. The first kappa shape index (κ1) is 15.0. The summed E-state index contributed by atoms with van der Waals surface area (Å²) < 4.78 is 31.2. The van der Waals surface area contributed by atoms with E-state index in [2.05, 4.69) is 0 Å². The standard InChI is InChI=1S/C16H15F2NO2/c1-9-3-10(2)5-11(4-9)8-21-16(20)12-6-13(17)14(18)7-15(12)19/h3-7H,8,19H2,1-2H3. The molecule has 0 saturated carbocycles. The van der Waals surface area contributed by atoms with Crippen LogP contribution in [0.3, 0.4) is 0 Å². The van der Waals surface area contributed by atoms with Crippen molar-refractivity contribution in [3.63, 3.8) is 0 Å². The van der Waals surface area contributed by atoms with Crippen molar-refractivity contribution in [2.75, 3.05) is 5.73 Å². The van der Waals surface area contributed by atoms with Gasteiger partial charge in [0.1, 0.15) is 6.61 Å². The first-order chi connectivity index (χ1) is 9.86. The number of carbonyl (C=O) groups is 1. The van der Waals surface area contributed by atoms with Crippen molar-refractivity contribution in [2.45, 2.75) is 20.5 Å². The molecule has 0 saturated heterocycles. The van der Waals surface area contributed by atoms with E-state index < -0.39 is 17.6 Å². The zero-order chi connectivity index (χ0) is 15.6. The van der Waals surface area contributed by atoms with E-state index in [1.807, 2.05) is 32.0 Å². The van der Waals surface area contributed by atoms with Gasteiger partial charge in [-0.1, -0.05) is 29.3 Å². The summed E-state index contributed by atoms with van der Waals surface area (Å²) in [5.74, 6) is -3.02. The summed E-state index contributed by atoms with van der Waals surface area (Å²) in [5.41, 5.74) is 8.09. The van der Waals surface area contributed by atoms with Crippen molar-refractivity contribution in [3.05, 3.63) is 64.2 Å². The van der Waals surface area contributed by atoms with Crippen LogP contribution in [0.25, 0.3) is 0 Å². The quantitative estimate of drug-likeness (QED) is 0.695. The van der Waals surface area contributed by atoms with E-state index in [0.717, 1.165) is 28.8 Å². The summed E-state index contributed by atoms with van der Waals surface area (Å²) in [4.78, 5) is 11.9. The summed E-state index contributed by atoms with van der Waals surface area (Å²) in [6.45, 7) is 3.91. The fraction of sp³-hybridized carbons (Fsp3) is 0.188. The largest absolute Gasteiger partial charge is 0.457 e. The van der Waals surface area contributed by atoms with Gasteiger partial charge in [0.25, 0.3) is 0 Å². The fourth-order valence-corrected chi connectivity index (χ4v) is 2.12. The Kier molecular flexibility index (Phi) is 4.21. The van der Waals surface area contributed by atoms with Gasteiger partial charge >= 0.3 is 5.97 Å². The van der Waals surface area contributed by atoms with Crippen molar-refractivity contribution in [1.82, 2.24) is 0 Å². The maximum Gasteiger partial charge on any atom is 0.340 e. The highest BCUT2D eigenvalue weighted by Gasteiger charge is 2.15. The van der Waals surface area contributed by atoms with Crippen LogP contribution < -0.4 is 5.73 Å². The smallest absolute Gasteiger partial charge is 0.340 e. The summed E-state index contributed by atoms with van der Waals surface area (Å²) in [6.07, 6.45) is 0. The Hall–Kier alpha value is -2.43. The minimum atomic E-state index is -1.14. The molecule has 0 aliphatic rings. The number of nitrogens with two attached hydrogens (primary N) is 1. The van der Waals surface area contributed by atoms with Crippen molar-refractivity contribution < 1.29 is 18.3 Å². The van der Waals surface area contributed by atoms with Gasteiger partial charge in [-0.25, -0.2) is 13.6 Å². The molecule has 110 valence electrons. The van der Waals surface area contributed by atoms with Crippen molar-refractivity contribution in [1.29, 1.82) is 0 Å². The van der Waals surface area contributed by atoms with Crippen LogP contribution in [-0.4, -0.2) is 5.97 Å². The highest BCUT2D eigenvalue weighted by molar-refractivity contribution is 5.95. The first-order valence-corrected chi connectivity index (χ1v) is 6.35. The number of carbonyl (C=O) groups excluding carboxylic acids is 1. The molecule has 0 aromatic heterocycles. The molecule has 2 aromatic carbocycles. The molecule has 21 heavy (non-hydrogen) atoms. The maximum absolute atomic E-state index is 13.2. The second kappa shape index (κ2) is 5.91. The minimum Gasteiger partial charge on any atom is -0.457 e. The Labute approximate surface area is 121 Å². The molecule has 2 rings (SSSR count). The van der Waals surface area contributed by atoms with Crippen LogP contribution in [0.15, 0.2) is 30.3 Å². The van der Waals surface area contributed by atoms with Gasteiger partial charge in [-0.05, 0) is 25.5 Å². The van der Waals surface area contributed by atoms with E-state index in [1.165, 1.54) is 0 Å². The number of anilines is 1. The average Bonchev–Trinajstić information content (AvgIpc) is 2.39. The third-order valence-electron chi connectivity index (χ3n) is 2.96. The molecule has 0 bridgehead atoms. The molecule has 3 nitrogen and oxygen atoms in total. The number of nitrogen functional groups attached to an aromatic ring is 1. The van der Waals surface area contributed by atoms with Crippen LogP contribution in [0, 0.1) is 25.5 Å². The highest BCUT2D eigenvalue weighted by atomic mass is 19.2. The summed E-state index contributed by atoms with van der Waals surface area (Å²) in [7, 11) is 0. The number of halogens is 2. The maximum atomic E-state index is 13.2. The predicted molar refractivity (Wildman–Crippen MR) is 75.8 cm³/mol. The Balaban J connectivity index is 2.13. The first-order valence-electron chi connectivity index (χ1n) is 6.35. The van der Waals surface area contributed by atoms with Gasteiger partial charge < -0.3 is 10.5 Å². The number of esters is 1. The Morgan fingerprint density at radius 1 is 1.05 bits per heavy atom. The normalized spacial score (nSPS) is 10.5. The lowest BCUT2D eigenvalue weighted by Gasteiger charge is -2.09. The Morgan fingerprint density at radius 3 is 2.24 bits per heavy atom. The van der Waals surface area contributed by atoms with Crippen LogP contribution in [0.5, 0.6) is 0 Å². The molecule has 0 heterocycles.